The first kappa shape index (κ1) is 24.3. The monoisotopic (exact) mass is 467 g/mol. The SMILES string of the molecule is CCN(CCN(c1ccc(OC)nc1)S(=O)(=O)c1ccccc1C)C(=O)Cc1ccccc1. The predicted molar refractivity (Wildman–Crippen MR) is 129 cm³/mol. The second kappa shape index (κ2) is 11.0. The maximum Gasteiger partial charge on any atom is 0.264 e. The number of aromatic nitrogens is 1. The summed E-state index contributed by atoms with van der Waals surface area (Å²) in [6, 6.07) is 19.6. The smallest absolute Gasteiger partial charge is 0.264 e. The van der Waals surface area contributed by atoms with Gasteiger partial charge in [-0.2, -0.15) is 0 Å². The highest BCUT2D eigenvalue weighted by molar-refractivity contribution is 7.92. The lowest BCUT2D eigenvalue weighted by Gasteiger charge is -2.28. The summed E-state index contributed by atoms with van der Waals surface area (Å²) in [5.74, 6) is 0.338. The molecule has 0 aliphatic rings. The highest BCUT2D eigenvalue weighted by atomic mass is 32.2. The van der Waals surface area contributed by atoms with Crippen molar-refractivity contribution in [3.63, 3.8) is 0 Å². The number of ether oxygens (including phenoxy) is 1. The first-order chi connectivity index (χ1) is 15.9. The highest BCUT2D eigenvalue weighted by Crippen LogP contribution is 2.26. The van der Waals surface area contributed by atoms with Gasteiger partial charge < -0.3 is 9.64 Å². The van der Waals surface area contributed by atoms with Crippen LogP contribution in [0.5, 0.6) is 5.88 Å². The second-order valence-corrected chi connectivity index (χ2v) is 9.37. The number of likely N-dealkylation sites (N-methyl/N-ethyl adjacent to an activating group) is 1. The molecule has 0 aliphatic heterocycles. The van der Waals surface area contributed by atoms with Crippen molar-refractivity contribution in [3.8, 4) is 5.88 Å². The van der Waals surface area contributed by atoms with Crippen LogP contribution in [0.25, 0.3) is 0 Å². The van der Waals surface area contributed by atoms with E-state index in [0.29, 0.717) is 23.7 Å². The fourth-order valence-electron chi connectivity index (χ4n) is 3.55. The Morgan fingerprint density at radius 2 is 1.67 bits per heavy atom. The van der Waals surface area contributed by atoms with Gasteiger partial charge in [0.15, 0.2) is 0 Å². The van der Waals surface area contributed by atoms with Gasteiger partial charge in [0.05, 0.1) is 36.9 Å². The van der Waals surface area contributed by atoms with E-state index >= 15 is 0 Å². The van der Waals surface area contributed by atoms with Gasteiger partial charge in [0.25, 0.3) is 10.0 Å². The summed E-state index contributed by atoms with van der Waals surface area (Å²) in [5, 5.41) is 0. The molecule has 3 rings (SSSR count). The molecule has 33 heavy (non-hydrogen) atoms. The lowest BCUT2D eigenvalue weighted by molar-refractivity contribution is -0.130. The molecule has 0 unspecified atom stereocenters. The van der Waals surface area contributed by atoms with Crippen molar-refractivity contribution < 1.29 is 17.9 Å². The largest absolute Gasteiger partial charge is 0.481 e. The van der Waals surface area contributed by atoms with Crippen LogP contribution in [0.15, 0.2) is 77.8 Å². The number of carbonyl (C=O) groups is 1. The van der Waals surface area contributed by atoms with E-state index in [1.807, 2.05) is 37.3 Å². The molecule has 8 heteroatoms. The molecule has 0 saturated carbocycles. The van der Waals surface area contributed by atoms with Crippen LogP contribution < -0.4 is 9.04 Å². The number of hydrogen-bond donors (Lipinski definition) is 0. The minimum Gasteiger partial charge on any atom is -0.481 e. The average molecular weight is 468 g/mol. The quantitative estimate of drug-likeness (QED) is 0.454. The standard InChI is InChI=1S/C25H29N3O4S/c1-4-27(25(29)18-21-11-6-5-7-12-21)16-17-28(22-14-15-24(32-3)26-19-22)33(30,31)23-13-9-8-10-20(23)2/h5-15,19H,4,16-18H2,1-3H3. The Bertz CT molecular complexity index is 1170. The van der Waals surface area contributed by atoms with Gasteiger partial charge in [-0.05, 0) is 37.1 Å². The molecular weight excluding hydrogens is 438 g/mol. The molecule has 0 radical (unpaired) electrons. The van der Waals surface area contributed by atoms with Gasteiger partial charge >= 0.3 is 0 Å². The zero-order chi connectivity index (χ0) is 23.8. The number of benzene rings is 2. The maximum absolute atomic E-state index is 13.6. The first-order valence-electron chi connectivity index (χ1n) is 10.8. The van der Waals surface area contributed by atoms with Crippen molar-refractivity contribution in [2.75, 3.05) is 31.0 Å². The number of methoxy groups -OCH3 is 1. The summed E-state index contributed by atoms with van der Waals surface area (Å²) in [6.45, 7) is 4.47. The molecule has 0 atom stereocenters. The molecule has 0 aliphatic carbocycles. The van der Waals surface area contributed by atoms with Crippen molar-refractivity contribution in [1.82, 2.24) is 9.88 Å². The summed E-state index contributed by atoms with van der Waals surface area (Å²) in [4.78, 5) is 18.9. The van der Waals surface area contributed by atoms with E-state index in [1.165, 1.54) is 17.6 Å². The minimum atomic E-state index is -3.88. The number of pyridine rings is 1. The van der Waals surface area contributed by atoms with E-state index in [2.05, 4.69) is 4.98 Å². The molecule has 0 saturated heterocycles. The van der Waals surface area contributed by atoms with Gasteiger partial charge in [-0.3, -0.25) is 9.10 Å². The van der Waals surface area contributed by atoms with Gasteiger partial charge in [0, 0.05) is 19.2 Å². The number of amides is 1. The molecule has 0 N–H and O–H groups in total. The zero-order valence-electron chi connectivity index (χ0n) is 19.1. The molecule has 3 aromatic rings. The Morgan fingerprint density at radius 1 is 0.970 bits per heavy atom. The Morgan fingerprint density at radius 3 is 2.27 bits per heavy atom. The Labute approximate surface area is 195 Å². The van der Waals surface area contributed by atoms with Gasteiger partial charge in [-0.25, -0.2) is 13.4 Å². The minimum absolute atomic E-state index is 0.0511. The Kier molecular flexibility index (Phi) is 8.06. The van der Waals surface area contributed by atoms with E-state index in [1.54, 1.807) is 48.2 Å². The van der Waals surface area contributed by atoms with Crippen LogP contribution in [0.3, 0.4) is 0 Å². The van der Waals surface area contributed by atoms with Crippen molar-refractivity contribution in [3.05, 3.63) is 84.1 Å². The third-order valence-corrected chi connectivity index (χ3v) is 7.37. The number of rotatable bonds is 10. The van der Waals surface area contributed by atoms with Crippen LogP contribution in [0.1, 0.15) is 18.1 Å². The van der Waals surface area contributed by atoms with E-state index in [-0.39, 0.29) is 30.3 Å². The van der Waals surface area contributed by atoms with Crippen LogP contribution in [0.2, 0.25) is 0 Å². The molecule has 174 valence electrons. The van der Waals surface area contributed by atoms with Crippen LogP contribution >= 0.6 is 0 Å². The van der Waals surface area contributed by atoms with E-state index < -0.39 is 10.0 Å². The van der Waals surface area contributed by atoms with Crippen LogP contribution in [-0.2, 0) is 21.2 Å². The average Bonchev–Trinajstić information content (AvgIpc) is 2.82. The molecule has 7 nitrogen and oxygen atoms in total. The molecule has 0 fully saturated rings. The fraction of sp³-hybridized carbons (Fsp3) is 0.280. The molecule has 2 aromatic carbocycles. The number of nitrogens with zero attached hydrogens (tertiary/aromatic N) is 3. The van der Waals surface area contributed by atoms with Crippen LogP contribution in [-0.4, -0.2) is 51.0 Å². The van der Waals surface area contributed by atoms with Crippen molar-refractivity contribution in [2.45, 2.75) is 25.2 Å². The van der Waals surface area contributed by atoms with Gasteiger partial charge in [-0.15, -0.1) is 0 Å². The molecular formula is C25H29N3O4S. The third kappa shape index (κ3) is 5.90. The lowest BCUT2D eigenvalue weighted by Crippen LogP contribution is -2.42. The van der Waals surface area contributed by atoms with Crippen LogP contribution in [0, 0.1) is 6.92 Å². The number of aryl methyl sites for hydroxylation is 1. The molecule has 0 spiro atoms. The molecule has 1 amide bonds. The summed E-state index contributed by atoms with van der Waals surface area (Å²) in [7, 11) is -2.38. The molecule has 1 heterocycles. The summed E-state index contributed by atoms with van der Waals surface area (Å²) in [5.41, 5.74) is 1.98. The van der Waals surface area contributed by atoms with Gasteiger partial charge in [0.1, 0.15) is 0 Å². The van der Waals surface area contributed by atoms with Gasteiger partial charge in [-0.1, -0.05) is 48.5 Å². The number of sulfonamides is 1. The van der Waals surface area contributed by atoms with E-state index in [4.69, 9.17) is 4.74 Å². The van der Waals surface area contributed by atoms with E-state index in [0.717, 1.165) is 5.56 Å². The normalized spacial score (nSPS) is 11.1. The number of anilines is 1. The second-order valence-electron chi connectivity index (χ2n) is 7.54. The Balaban J connectivity index is 1.87. The zero-order valence-corrected chi connectivity index (χ0v) is 20.0. The van der Waals surface area contributed by atoms with Crippen LogP contribution in [0.4, 0.5) is 5.69 Å². The predicted octanol–water partition coefficient (Wildman–Crippen LogP) is 3.69. The summed E-state index contributed by atoms with van der Waals surface area (Å²) in [6.07, 6.45) is 1.74. The first-order valence-corrected chi connectivity index (χ1v) is 12.2. The summed E-state index contributed by atoms with van der Waals surface area (Å²) >= 11 is 0. The number of carbonyl (C=O) groups excluding carboxylic acids is 1. The topological polar surface area (TPSA) is 79.8 Å². The van der Waals surface area contributed by atoms with Gasteiger partial charge in [0.2, 0.25) is 11.8 Å². The number of hydrogen-bond acceptors (Lipinski definition) is 5. The highest BCUT2D eigenvalue weighted by Gasteiger charge is 2.27. The molecule has 1 aromatic heterocycles. The van der Waals surface area contributed by atoms with E-state index in [9.17, 15) is 13.2 Å². The molecule has 0 bridgehead atoms. The summed E-state index contributed by atoms with van der Waals surface area (Å²) < 4.78 is 33.7. The van der Waals surface area contributed by atoms with Crippen molar-refractivity contribution in [1.29, 1.82) is 0 Å². The maximum atomic E-state index is 13.6. The third-order valence-electron chi connectivity index (χ3n) is 5.39. The fourth-order valence-corrected chi connectivity index (χ4v) is 5.22. The lowest BCUT2D eigenvalue weighted by atomic mass is 10.1. The van der Waals surface area contributed by atoms with Crippen molar-refractivity contribution in [2.24, 2.45) is 0 Å². The Hall–Kier alpha value is -3.39. The van der Waals surface area contributed by atoms with Crippen molar-refractivity contribution >= 4 is 21.6 Å².